The summed E-state index contributed by atoms with van der Waals surface area (Å²) in [4.78, 5) is 4.59. The molecule has 0 saturated carbocycles. The second-order valence-corrected chi connectivity index (χ2v) is 5.28. The molecule has 0 fully saturated rings. The second kappa shape index (κ2) is 3.31. The molecular weight excluding hydrogens is 192 g/mol. The SMILES string of the molecule is C=C(C)NC1=NC2C=CC=CC2(C)S1. The highest BCUT2D eigenvalue weighted by Gasteiger charge is 2.39. The van der Waals surface area contributed by atoms with Crippen LogP contribution in [0.5, 0.6) is 0 Å². The first-order valence-electron chi connectivity index (χ1n) is 4.65. The zero-order valence-electron chi connectivity index (χ0n) is 8.45. The van der Waals surface area contributed by atoms with E-state index < -0.39 is 0 Å². The van der Waals surface area contributed by atoms with Crippen molar-refractivity contribution in [3.8, 4) is 0 Å². The van der Waals surface area contributed by atoms with E-state index in [4.69, 9.17) is 0 Å². The lowest BCUT2D eigenvalue weighted by atomic mass is 9.97. The summed E-state index contributed by atoms with van der Waals surface area (Å²) in [5.74, 6) is 0. The molecule has 2 atom stereocenters. The first kappa shape index (κ1) is 9.59. The lowest BCUT2D eigenvalue weighted by Gasteiger charge is -2.24. The van der Waals surface area contributed by atoms with Gasteiger partial charge in [-0.05, 0) is 13.8 Å². The molecule has 0 amide bonds. The van der Waals surface area contributed by atoms with Gasteiger partial charge < -0.3 is 5.32 Å². The molecule has 14 heavy (non-hydrogen) atoms. The van der Waals surface area contributed by atoms with E-state index in [0.717, 1.165) is 10.9 Å². The first-order chi connectivity index (χ1) is 6.60. The van der Waals surface area contributed by atoms with Crippen LogP contribution < -0.4 is 5.32 Å². The number of nitrogens with one attached hydrogen (secondary N) is 1. The predicted molar refractivity (Wildman–Crippen MR) is 63.4 cm³/mol. The Balaban J connectivity index is 2.17. The molecule has 0 radical (unpaired) electrons. The third-order valence-corrected chi connectivity index (χ3v) is 3.53. The maximum atomic E-state index is 4.59. The predicted octanol–water partition coefficient (Wildman–Crippen LogP) is 2.47. The molecule has 1 aliphatic heterocycles. The number of hydrogen-bond acceptors (Lipinski definition) is 3. The largest absolute Gasteiger partial charge is 0.339 e. The summed E-state index contributed by atoms with van der Waals surface area (Å²) < 4.78 is 0.0898. The molecule has 2 nitrogen and oxygen atoms in total. The van der Waals surface area contributed by atoms with Crippen LogP contribution in [-0.2, 0) is 0 Å². The van der Waals surface area contributed by atoms with Crippen molar-refractivity contribution >= 4 is 16.9 Å². The van der Waals surface area contributed by atoms with E-state index in [2.05, 4.69) is 48.1 Å². The van der Waals surface area contributed by atoms with Gasteiger partial charge >= 0.3 is 0 Å². The smallest absolute Gasteiger partial charge is 0.162 e. The van der Waals surface area contributed by atoms with E-state index in [1.165, 1.54) is 0 Å². The van der Waals surface area contributed by atoms with Gasteiger partial charge in [0.15, 0.2) is 5.17 Å². The molecule has 0 spiro atoms. The number of nitrogens with zero attached hydrogens (tertiary/aromatic N) is 1. The fourth-order valence-electron chi connectivity index (χ4n) is 1.57. The lowest BCUT2D eigenvalue weighted by Crippen LogP contribution is -2.29. The Morgan fingerprint density at radius 1 is 1.64 bits per heavy atom. The van der Waals surface area contributed by atoms with Crippen LogP contribution in [0.25, 0.3) is 0 Å². The third-order valence-electron chi connectivity index (χ3n) is 2.31. The molecule has 0 aromatic carbocycles. The zero-order valence-corrected chi connectivity index (χ0v) is 9.27. The van der Waals surface area contributed by atoms with Gasteiger partial charge in [0.1, 0.15) is 0 Å². The van der Waals surface area contributed by atoms with Crippen LogP contribution in [0.2, 0.25) is 0 Å². The van der Waals surface area contributed by atoms with Crippen LogP contribution in [0.4, 0.5) is 0 Å². The van der Waals surface area contributed by atoms with Gasteiger partial charge in [0.05, 0.1) is 10.8 Å². The molecule has 2 rings (SSSR count). The van der Waals surface area contributed by atoms with Gasteiger partial charge in [0.2, 0.25) is 0 Å². The van der Waals surface area contributed by atoms with Crippen LogP contribution in [0.15, 0.2) is 41.6 Å². The van der Waals surface area contributed by atoms with Crippen molar-refractivity contribution in [1.29, 1.82) is 0 Å². The van der Waals surface area contributed by atoms with Gasteiger partial charge in [-0.3, -0.25) is 4.99 Å². The normalized spacial score (nSPS) is 33.9. The van der Waals surface area contributed by atoms with E-state index in [9.17, 15) is 0 Å². The van der Waals surface area contributed by atoms with Gasteiger partial charge in [-0.15, -0.1) is 0 Å². The van der Waals surface area contributed by atoms with Crippen molar-refractivity contribution in [2.75, 3.05) is 0 Å². The molecule has 0 bridgehead atoms. The standard InChI is InChI=1S/C11H14N2S/c1-8(2)12-10-13-9-6-4-5-7-11(9,3)14-10/h4-7,9H,1H2,2-3H3,(H,12,13). The van der Waals surface area contributed by atoms with Crippen LogP contribution in [-0.4, -0.2) is 16.0 Å². The van der Waals surface area contributed by atoms with Gasteiger partial charge in [-0.25, -0.2) is 0 Å². The molecule has 1 aliphatic carbocycles. The van der Waals surface area contributed by atoms with Crippen molar-refractivity contribution in [2.24, 2.45) is 4.99 Å². The summed E-state index contributed by atoms with van der Waals surface area (Å²) in [6.07, 6.45) is 8.49. The molecule has 0 saturated heterocycles. The van der Waals surface area contributed by atoms with Crippen molar-refractivity contribution < 1.29 is 0 Å². The first-order valence-corrected chi connectivity index (χ1v) is 5.47. The minimum atomic E-state index is 0.0898. The van der Waals surface area contributed by atoms with Crippen molar-refractivity contribution in [3.63, 3.8) is 0 Å². The zero-order chi connectivity index (χ0) is 10.2. The molecular formula is C11H14N2S. The Morgan fingerprint density at radius 2 is 2.43 bits per heavy atom. The maximum absolute atomic E-state index is 4.59. The molecule has 3 heteroatoms. The topological polar surface area (TPSA) is 24.4 Å². The summed E-state index contributed by atoms with van der Waals surface area (Å²) in [6.45, 7) is 7.97. The van der Waals surface area contributed by atoms with Crippen molar-refractivity contribution in [1.82, 2.24) is 5.32 Å². The fourth-order valence-corrected chi connectivity index (χ4v) is 2.78. The number of aliphatic imine (C=N–C) groups is 1. The molecule has 1 heterocycles. The monoisotopic (exact) mass is 206 g/mol. The lowest BCUT2D eigenvalue weighted by molar-refractivity contribution is 0.691. The third kappa shape index (κ3) is 1.64. The van der Waals surface area contributed by atoms with Crippen LogP contribution in [0, 0.1) is 0 Å². The van der Waals surface area contributed by atoms with Crippen LogP contribution in [0.1, 0.15) is 13.8 Å². The quantitative estimate of drug-likeness (QED) is 0.712. The summed E-state index contributed by atoms with van der Waals surface area (Å²) in [5.41, 5.74) is 0.937. The molecule has 0 aromatic heterocycles. The summed E-state index contributed by atoms with van der Waals surface area (Å²) in [7, 11) is 0. The fraction of sp³-hybridized carbons (Fsp3) is 0.364. The Labute approximate surface area is 88.9 Å². The van der Waals surface area contributed by atoms with E-state index in [0.29, 0.717) is 0 Å². The number of amidine groups is 1. The van der Waals surface area contributed by atoms with Crippen LogP contribution >= 0.6 is 11.8 Å². The average Bonchev–Trinajstić information content (AvgIpc) is 2.38. The molecule has 2 aliphatic rings. The molecule has 74 valence electrons. The Bertz CT molecular complexity index is 354. The molecule has 0 aromatic rings. The highest BCUT2D eigenvalue weighted by atomic mass is 32.2. The number of allylic oxidation sites excluding steroid dienone is 3. The second-order valence-electron chi connectivity index (χ2n) is 3.81. The Kier molecular flexibility index (Phi) is 2.27. The van der Waals surface area contributed by atoms with Gasteiger partial charge in [0.25, 0.3) is 0 Å². The molecule has 2 unspecified atom stereocenters. The van der Waals surface area contributed by atoms with E-state index in [1.807, 2.05) is 6.92 Å². The van der Waals surface area contributed by atoms with Gasteiger partial charge in [0, 0.05) is 5.70 Å². The Hall–Kier alpha value is -0.960. The summed E-state index contributed by atoms with van der Waals surface area (Å²) >= 11 is 1.77. The summed E-state index contributed by atoms with van der Waals surface area (Å²) in [5, 5.41) is 4.15. The highest BCUT2D eigenvalue weighted by Crippen LogP contribution is 2.40. The minimum absolute atomic E-state index is 0.0898. The summed E-state index contributed by atoms with van der Waals surface area (Å²) in [6, 6.07) is 0.263. The number of fused-ring (bicyclic) bond motifs is 1. The van der Waals surface area contributed by atoms with Gasteiger partial charge in [-0.1, -0.05) is 42.6 Å². The average molecular weight is 206 g/mol. The Morgan fingerprint density at radius 3 is 3.07 bits per heavy atom. The number of thioether (sulfide) groups is 1. The number of rotatable bonds is 1. The van der Waals surface area contributed by atoms with Crippen LogP contribution in [0.3, 0.4) is 0 Å². The molecule has 1 N–H and O–H groups in total. The van der Waals surface area contributed by atoms with Crippen molar-refractivity contribution in [3.05, 3.63) is 36.6 Å². The van der Waals surface area contributed by atoms with Gasteiger partial charge in [-0.2, -0.15) is 0 Å². The van der Waals surface area contributed by atoms with E-state index in [1.54, 1.807) is 11.8 Å². The van der Waals surface area contributed by atoms with Crippen molar-refractivity contribution in [2.45, 2.75) is 24.6 Å². The number of hydrogen-bond donors (Lipinski definition) is 1. The maximum Gasteiger partial charge on any atom is 0.162 e. The highest BCUT2D eigenvalue weighted by molar-refractivity contribution is 8.15. The van der Waals surface area contributed by atoms with E-state index in [-0.39, 0.29) is 10.8 Å². The van der Waals surface area contributed by atoms with E-state index >= 15 is 0 Å². The minimum Gasteiger partial charge on any atom is -0.339 e.